The van der Waals surface area contributed by atoms with Crippen LogP contribution in [0.25, 0.3) is 0 Å². The molecule has 1 unspecified atom stereocenters. The molecule has 2 saturated heterocycles. The zero-order chi connectivity index (χ0) is 13.2. The molecular weight excluding hydrogens is 272 g/mol. The van der Waals surface area contributed by atoms with Crippen LogP contribution in [0.5, 0.6) is 0 Å². The Morgan fingerprint density at radius 2 is 2.00 bits per heavy atom. The van der Waals surface area contributed by atoms with E-state index in [4.69, 9.17) is 0 Å². The number of amides is 1. The van der Waals surface area contributed by atoms with E-state index in [1.807, 2.05) is 0 Å². The van der Waals surface area contributed by atoms with Crippen molar-refractivity contribution in [2.45, 2.75) is 32.2 Å². The molecule has 0 saturated carbocycles. The molecule has 1 aromatic carbocycles. The molecule has 0 aromatic heterocycles. The Bertz CT molecular complexity index is 456. The topological polar surface area (TPSA) is 32.3 Å². The van der Waals surface area contributed by atoms with Crippen molar-refractivity contribution in [1.82, 2.24) is 10.2 Å². The zero-order valence-electron chi connectivity index (χ0n) is 12.0. The molecule has 2 heterocycles. The molecule has 2 fully saturated rings. The summed E-state index contributed by atoms with van der Waals surface area (Å²) in [6, 6.07) is 9.12. The molecule has 1 aromatic rings. The molecule has 1 atom stereocenters. The van der Waals surface area contributed by atoms with E-state index in [2.05, 4.69) is 41.4 Å². The van der Waals surface area contributed by atoms with Crippen LogP contribution < -0.4 is 5.32 Å². The van der Waals surface area contributed by atoms with Crippen LogP contribution in [0.15, 0.2) is 24.3 Å². The lowest BCUT2D eigenvalue weighted by atomic mass is 9.99. The van der Waals surface area contributed by atoms with Crippen molar-refractivity contribution in [1.29, 1.82) is 0 Å². The lowest BCUT2D eigenvalue weighted by Gasteiger charge is -2.33. The molecule has 0 spiro atoms. The average Bonchev–Trinajstić information content (AvgIpc) is 2.78. The molecule has 1 amide bonds. The largest absolute Gasteiger partial charge is 0.339 e. The minimum atomic E-state index is 0. The Balaban J connectivity index is 0.00000147. The van der Waals surface area contributed by atoms with E-state index in [9.17, 15) is 4.79 Å². The summed E-state index contributed by atoms with van der Waals surface area (Å²) in [5.74, 6) is 0.604. The van der Waals surface area contributed by atoms with Crippen molar-refractivity contribution in [3.8, 4) is 0 Å². The van der Waals surface area contributed by atoms with Gasteiger partial charge < -0.3 is 10.2 Å². The highest BCUT2D eigenvalue weighted by Gasteiger charge is 2.35. The molecule has 110 valence electrons. The number of nitrogens with one attached hydrogen (secondary N) is 1. The van der Waals surface area contributed by atoms with E-state index in [-0.39, 0.29) is 18.3 Å². The van der Waals surface area contributed by atoms with Crippen LogP contribution in [0.3, 0.4) is 0 Å². The van der Waals surface area contributed by atoms with Crippen LogP contribution in [-0.2, 0) is 11.2 Å². The van der Waals surface area contributed by atoms with E-state index >= 15 is 0 Å². The second-order valence-electron chi connectivity index (χ2n) is 5.87. The second kappa shape index (κ2) is 6.59. The SMILES string of the molecule is Cc1ccc(CC2CCCN2C(=O)C2CNC2)cc1.Cl. The highest BCUT2D eigenvalue weighted by Crippen LogP contribution is 2.24. The van der Waals surface area contributed by atoms with Crippen LogP contribution in [0, 0.1) is 12.8 Å². The van der Waals surface area contributed by atoms with Crippen molar-refractivity contribution >= 4 is 18.3 Å². The van der Waals surface area contributed by atoms with Gasteiger partial charge >= 0.3 is 0 Å². The number of likely N-dealkylation sites (tertiary alicyclic amines) is 1. The molecule has 20 heavy (non-hydrogen) atoms. The summed E-state index contributed by atoms with van der Waals surface area (Å²) in [7, 11) is 0. The first-order chi connectivity index (χ1) is 9.24. The number of nitrogens with zero attached hydrogens (tertiary/aromatic N) is 1. The summed E-state index contributed by atoms with van der Waals surface area (Å²) in [4.78, 5) is 14.5. The molecule has 1 N–H and O–H groups in total. The van der Waals surface area contributed by atoms with Gasteiger partial charge in [-0.25, -0.2) is 0 Å². The summed E-state index contributed by atoms with van der Waals surface area (Å²) in [6.45, 7) is 4.80. The Hall–Kier alpha value is -1.06. The van der Waals surface area contributed by atoms with Gasteiger partial charge in [0.05, 0.1) is 5.92 Å². The predicted octanol–water partition coefficient (Wildman–Crippen LogP) is 2.17. The van der Waals surface area contributed by atoms with Gasteiger partial charge in [-0.3, -0.25) is 4.79 Å². The summed E-state index contributed by atoms with van der Waals surface area (Å²) >= 11 is 0. The van der Waals surface area contributed by atoms with E-state index in [0.29, 0.717) is 11.9 Å². The van der Waals surface area contributed by atoms with Gasteiger partial charge in [0.25, 0.3) is 0 Å². The van der Waals surface area contributed by atoms with Gasteiger partial charge in [0.1, 0.15) is 0 Å². The fourth-order valence-electron chi connectivity index (χ4n) is 3.03. The maximum Gasteiger partial charge on any atom is 0.228 e. The minimum absolute atomic E-state index is 0. The van der Waals surface area contributed by atoms with Crippen LogP contribution in [0.1, 0.15) is 24.0 Å². The minimum Gasteiger partial charge on any atom is -0.339 e. The molecule has 0 radical (unpaired) electrons. The van der Waals surface area contributed by atoms with Gasteiger partial charge in [-0.05, 0) is 31.7 Å². The number of halogens is 1. The molecular formula is C16H23ClN2O. The monoisotopic (exact) mass is 294 g/mol. The molecule has 0 bridgehead atoms. The van der Waals surface area contributed by atoms with Crippen LogP contribution in [-0.4, -0.2) is 36.5 Å². The molecule has 3 nitrogen and oxygen atoms in total. The predicted molar refractivity (Wildman–Crippen MR) is 83.2 cm³/mol. The van der Waals surface area contributed by atoms with E-state index < -0.39 is 0 Å². The Labute approximate surface area is 127 Å². The third-order valence-electron chi connectivity index (χ3n) is 4.38. The lowest BCUT2D eigenvalue weighted by molar-refractivity contribution is -0.137. The number of rotatable bonds is 3. The van der Waals surface area contributed by atoms with E-state index in [1.54, 1.807) is 0 Å². The van der Waals surface area contributed by atoms with Crippen molar-refractivity contribution in [2.24, 2.45) is 5.92 Å². The highest BCUT2D eigenvalue weighted by atomic mass is 35.5. The maximum absolute atomic E-state index is 12.4. The average molecular weight is 295 g/mol. The van der Waals surface area contributed by atoms with Crippen molar-refractivity contribution in [3.63, 3.8) is 0 Å². The number of aryl methyl sites for hydroxylation is 1. The maximum atomic E-state index is 12.4. The number of benzene rings is 1. The summed E-state index contributed by atoms with van der Waals surface area (Å²) in [5, 5.41) is 3.19. The van der Waals surface area contributed by atoms with E-state index in [1.165, 1.54) is 11.1 Å². The number of hydrogen-bond donors (Lipinski definition) is 1. The second-order valence-corrected chi connectivity index (χ2v) is 5.87. The first-order valence-electron chi connectivity index (χ1n) is 7.31. The highest BCUT2D eigenvalue weighted by molar-refractivity contribution is 5.85. The van der Waals surface area contributed by atoms with Crippen LogP contribution in [0.2, 0.25) is 0 Å². The Morgan fingerprint density at radius 3 is 2.60 bits per heavy atom. The van der Waals surface area contributed by atoms with Gasteiger partial charge in [-0.2, -0.15) is 0 Å². The lowest BCUT2D eigenvalue weighted by Crippen LogP contribution is -2.53. The smallest absolute Gasteiger partial charge is 0.228 e. The molecule has 0 aliphatic carbocycles. The Morgan fingerprint density at radius 1 is 1.30 bits per heavy atom. The summed E-state index contributed by atoms with van der Waals surface area (Å²) in [6.07, 6.45) is 3.31. The summed E-state index contributed by atoms with van der Waals surface area (Å²) in [5.41, 5.74) is 2.64. The van der Waals surface area contributed by atoms with Gasteiger partial charge in [-0.1, -0.05) is 29.8 Å². The standard InChI is InChI=1S/C16H22N2O.ClH/c1-12-4-6-13(7-5-12)9-15-3-2-8-18(15)16(19)14-10-17-11-14;/h4-7,14-15,17H,2-3,8-11H2,1H3;1H. The molecule has 4 heteroatoms. The number of carbonyl (C=O) groups is 1. The molecule has 2 aliphatic rings. The third-order valence-corrected chi connectivity index (χ3v) is 4.38. The fourth-order valence-corrected chi connectivity index (χ4v) is 3.03. The zero-order valence-corrected chi connectivity index (χ0v) is 12.8. The van der Waals surface area contributed by atoms with Crippen molar-refractivity contribution in [3.05, 3.63) is 35.4 Å². The van der Waals surface area contributed by atoms with Gasteiger partial charge in [0, 0.05) is 25.7 Å². The summed E-state index contributed by atoms with van der Waals surface area (Å²) < 4.78 is 0. The quantitative estimate of drug-likeness (QED) is 0.927. The van der Waals surface area contributed by atoms with Crippen molar-refractivity contribution in [2.75, 3.05) is 19.6 Å². The van der Waals surface area contributed by atoms with Gasteiger partial charge in [0.15, 0.2) is 0 Å². The fraction of sp³-hybridized carbons (Fsp3) is 0.562. The number of carbonyl (C=O) groups excluding carboxylic acids is 1. The molecule has 3 rings (SSSR count). The van der Waals surface area contributed by atoms with Gasteiger partial charge in [0.2, 0.25) is 5.91 Å². The first-order valence-corrected chi connectivity index (χ1v) is 7.31. The third kappa shape index (κ3) is 3.15. The molecule has 2 aliphatic heterocycles. The van der Waals surface area contributed by atoms with E-state index in [0.717, 1.165) is 38.9 Å². The van der Waals surface area contributed by atoms with Crippen LogP contribution in [0.4, 0.5) is 0 Å². The Kier molecular flexibility index (Phi) is 5.06. The van der Waals surface area contributed by atoms with Crippen molar-refractivity contribution < 1.29 is 4.79 Å². The number of hydrogen-bond acceptors (Lipinski definition) is 2. The first kappa shape index (κ1) is 15.3. The van der Waals surface area contributed by atoms with Gasteiger partial charge in [-0.15, -0.1) is 12.4 Å². The van der Waals surface area contributed by atoms with Crippen LogP contribution >= 0.6 is 12.4 Å². The normalized spacial score (nSPS) is 22.2.